The summed E-state index contributed by atoms with van der Waals surface area (Å²) in [6.45, 7) is 5.93. The summed E-state index contributed by atoms with van der Waals surface area (Å²) in [5, 5.41) is 6.50. The maximum absolute atomic E-state index is 13.4. The maximum Gasteiger partial charge on any atom is 0.249 e. The summed E-state index contributed by atoms with van der Waals surface area (Å²) in [7, 11) is 0. The standard InChI is InChI=1S/C18H19ClFN3O3/c1-18(2,3)14-9-15(26-22-14)21-17(25)13-6-7-16(24)23(13)10-4-5-12(20)11(19)8-10/h4-5,8-9,13H,6-7H2,1-3H3,(H,21,25). The first kappa shape index (κ1) is 18.4. The molecule has 2 heterocycles. The van der Waals surface area contributed by atoms with Gasteiger partial charge < -0.3 is 4.52 Å². The highest BCUT2D eigenvalue weighted by Gasteiger charge is 2.37. The van der Waals surface area contributed by atoms with Gasteiger partial charge in [0.05, 0.1) is 10.7 Å². The number of halogens is 2. The smallest absolute Gasteiger partial charge is 0.249 e. The lowest BCUT2D eigenvalue weighted by Crippen LogP contribution is -2.41. The van der Waals surface area contributed by atoms with Crippen LogP contribution in [0, 0.1) is 5.82 Å². The van der Waals surface area contributed by atoms with Crippen LogP contribution in [0.2, 0.25) is 5.02 Å². The van der Waals surface area contributed by atoms with E-state index in [2.05, 4.69) is 10.5 Å². The number of hydrogen-bond donors (Lipinski definition) is 1. The van der Waals surface area contributed by atoms with Gasteiger partial charge in [-0.25, -0.2) is 4.39 Å². The van der Waals surface area contributed by atoms with E-state index in [1.54, 1.807) is 6.07 Å². The average Bonchev–Trinajstić information content (AvgIpc) is 3.16. The molecule has 1 atom stereocenters. The lowest BCUT2D eigenvalue weighted by molar-refractivity contribution is -0.120. The van der Waals surface area contributed by atoms with Gasteiger partial charge in [0.25, 0.3) is 0 Å². The number of rotatable bonds is 3. The van der Waals surface area contributed by atoms with Crippen molar-refractivity contribution >= 4 is 35.0 Å². The van der Waals surface area contributed by atoms with Crippen LogP contribution in [0.25, 0.3) is 0 Å². The van der Waals surface area contributed by atoms with E-state index >= 15 is 0 Å². The van der Waals surface area contributed by atoms with E-state index in [0.29, 0.717) is 17.8 Å². The Hall–Kier alpha value is -2.41. The number of anilines is 2. The molecule has 6 nitrogen and oxygen atoms in total. The number of carbonyl (C=O) groups excluding carboxylic acids is 2. The molecule has 138 valence electrons. The van der Waals surface area contributed by atoms with Gasteiger partial charge >= 0.3 is 0 Å². The Bertz CT molecular complexity index is 860. The quantitative estimate of drug-likeness (QED) is 0.877. The second-order valence-corrected chi connectivity index (χ2v) is 7.64. The van der Waals surface area contributed by atoms with Gasteiger partial charge in [-0.1, -0.05) is 37.5 Å². The molecule has 1 aliphatic rings. The lowest BCUT2D eigenvalue weighted by Gasteiger charge is -2.24. The summed E-state index contributed by atoms with van der Waals surface area (Å²) >= 11 is 5.81. The number of nitrogens with one attached hydrogen (secondary N) is 1. The van der Waals surface area contributed by atoms with Crippen molar-refractivity contribution in [2.24, 2.45) is 0 Å². The molecular weight excluding hydrogens is 361 g/mol. The zero-order valence-electron chi connectivity index (χ0n) is 14.7. The summed E-state index contributed by atoms with van der Waals surface area (Å²) in [4.78, 5) is 26.2. The molecule has 1 N–H and O–H groups in total. The number of nitrogens with zero attached hydrogens (tertiary/aromatic N) is 2. The van der Waals surface area contributed by atoms with E-state index in [1.807, 2.05) is 20.8 Å². The average molecular weight is 380 g/mol. The molecular formula is C18H19ClFN3O3. The van der Waals surface area contributed by atoms with E-state index in [0.717, 1.165) is 0 Å². The van der Waals surface area contributed by atoms with Gasteiger partial charge in [0, 0.05) is 23.6 Å². The molecule has 2 amide bonds. The highest BCUT2D eigenvalue weighted by Crippen LogP contribution is 2.31. The van der Waals surface area contributed by atoms with Crippen molar-refractivity contribution in [2.45, 2.75) is 45.1 Å². The third-order valence-electron chi connectivity index (χ3n) is 4.22. The normalized spacial score (nSPS) is 17.7. The molecule has 0 radical (unpaired) electrons. The van der Waals surface area contributed by atoms with Crippen LogP contribution in [0.3, 0.4) is 0 Å². The van der Waals surface area contributed by atoms with E-state index < -0.39 is 17.8 Å². The number of carbonyl (C=O) groups is 2. The van der Waals surface area contributed by atoms with E-state index in [1.165, 1.54) is 23.1 Å². The predicted octanol–water partition coefficient (Wildman–Crippen LogP) is 3.90. The van der Waals surface area contributed by atoms with Crippen LogP contribution in [0.4, 0.5) is 16.0 Å². The predicted molar refractivity (Wildman–Crippen MR) is 95.8 cm³/mol. The van der Waals surface area contributed by atoms with Crippen molar-refractivity contribution in [2.75, 3.05) is 10.2 Å². The molecule has 26 heavy (non-hydrogen) atoms. The molecule has 1 fully saturated rings. The van der Waals surface area contributed by atoms with E-state index in [-0.39, 0.29) is 28.6 Å². The molecule has 1 saturated heterocycles. The maximum atomic E-state index is 13.4. The topological polar surface area (TPSA) is 75.4 Å². The van der Waals surface area contributed by atoms with Crippen LogP contribution in [0.15, 0.2) is 28.8 Å². The Balaban J connectivity index is 1.80. The van der Waals surface area contributed by atoms with Gasteiger partial charge in [0.2, 0.25) is 17.7 Å². The zero-order chi connectivity index (χ0) is 19.1. The van der Waals surface area contributed by atoms with E-state index in [4.69, 9.17) is 16.1 Å². The summed E-state index contributed by atoms with van der Waals surface area (Å²) < 4.78 is 18.6. The van der Waals surface area contributed by atoms with Gasteiger partial charge in [0.15, 0.2) is 0 Å². The molecule has 0 bridgehead atoms. The monoisotopic (exact) mass is 379 g/mol. The first-order chi connectivity index (χ1) is 12.2. The molecule has 0 aliphatic carbocycles. The van der Waals surface area contributed by atoms with Crippen molar-refractivity contribution in [3.8, 4) is 0 Å². The summed E-state index contributed by atoms with van der Waals surface area (Å²) in [6, 6.07) is 4.87. The molecule has 1 aliphatic heterocycles. The number of benzene rings is 1. The molecule has 0 saturated carbocycles. The minimum Gasteiger partial charge on any atom is -0.338 e. The van der Waals surface area contributed by atoms with Crippen LogP contribution in [0.5, 0.6) is 0 Å². The molecule has 2 aromatic rings. The molecule has 8 heteroatoms. The zero-order valence-corrected chi connectivity index (χ0v) is 15.4. The van der Waals surface area contributed by atoms with Crippen molar-refractivity contribution < 1.29 is 18.5 Å². The Morgan fingerprint density at radius 1 is 1.38 bits per heavy atom. The number of aromatic nitrogens is 1. The fourth-order valence-electron chi connectivity index (χ4n) is 2.78. The Morgan fingerprint density at radius 3 is 2.73 bits per heavy atom. The van der Waals surface area contributed by atoms with Crippen LogP contribution in [-0.2, 0) is 15.0 Å². The summed E-state index contributed by atoms with van der Waals surface area (Å²) in [5.41, 5.74) is 0.872. The first-order valence-electron chi connectivity index (χ1n) is 8.22. The fourth-order valence-corrected chi connectivity index (χ4v) is 2.96. The number of hydrogen-bond acceptors (Lipinski definition) is 4. The van der Waals surface area contributed by atoms with E-state index in [9.17, 15) is 14.0 Å². The van der Waals surface area contributed by atoms with Crippen molar-refractivity contribution in [3.63, 3.8) is 0 Å². The largest absolute Gasteiger partial charge is 0.338 e. The minimum absolute atomic E-state index is 0.105. The Labute approximate surface area is 155 Å². The van der Waals surface area contributed by atoms with Crippen molar-refractivity contribution in [3.05, 3.63) is 40.8 Å². The highest BCUT2D eigenvalue weighted by atomic mass is 35.5. The Morgan fingerprint density at radius 2 is 2.12 bits per heavy atom. The van der Waals surface area contributed by atoms with Crippen LogP contribution < -0.4 is 10.2 Å². The van der Waals surface area contributed by atoms with Crippen LogP contribution in [0.1, 0.15) is 39.3 Å². The minimum atomic E-state index is -0.729. The van der Waals surface area contributed by atoms with Gasteiger partial charge in [0.1, 0.15) is 11.9 Å². The third kappa shape index (κ3) is 3.58. The highest BCUT2D eigenvalue weighted by molar-refractivity contribution is 6.31. The first-order valence-corrected chi connectivity index (χ1v) is 8.60. The van der Waals surface area contributed by atoms with Gasteiger partial charge in [-0.2, -0.15) is 0 Å². The third-order valence-corrected chi connectivity index (χ3v) is 4.51. The van der Waals surface area contributed by atoms with Gasteiger partial charge in [-0.3, -0.25) is 19.8 Å². The Kier molecular flexibility index (Phi) is 4.75. The lowest BCUT2D eigenvalue weighted by atomic mass is 9.92. The van der Waals surface area contributed by atoms with Crippen LogP contribution >= 0.6 is 11.6 Å². The molecule has 1 unspecified atom stereocenters. The van der Waals surface area contributed by atoms with Crippen LogP contribution in [-0.4, -0.2) is 23.0 Å². The molecule has 1 aromatic heterocycles. The van der Waals surface area contributed by atoms with Gasteiger partial charge in [-0.05, 0) is 24.6 Å². The summed E-state index contributed by atoms with van der Waals surface area (Å²) in [5.74, 6) is -0.982. The molecule has 1 aromatic carbocycles. The summed E-state index contributed by atoms with van der Waals surface area (Å²) in [6.07, 6.45) is 0.566. The van der Waals surface area contributed by atoms with Crippen molar-refractivity contribution in [1.82, 2.24) is 5.16 Å². The second-order valence-electron chi connectivity index (χ2n) is 7.23. The SMILES string of the molecule is CC(C)(C)c1cc(NC(=O)C2CCC(=O)N2c2ccc(F)c(Cl)c2)on1. The fraction of sp³-hybridized carbons (Fsp3) is 0.389. The van der Waals surface area contributed by atoms with Gasteiger partial charge in [-0.15, -0.1) is 0 Å². The molecule has 3 rings (SSSR count). The van der Waals surface area contributed by atoms with Crippen molar-refractivity contribution in [1.29, 1.82) is 0 Å². The second kappa shape index (κ2) is 6.72. The molecule has 0 spiro atoms. The number of amides is 2.